The van der Waals surface area contributed by atoms with Crippen LogP contribution in [-0.2, 0) is 6.54 Å². The lowest BCUT2D eigenvalue weighted by Crippen LogP contribution is -2.23. The first-order chi connectivity index (χ1) is 6.83. The second-order valence-electron chi connectivity index (χ2n) is 4.12. The summed E-state index contributed by atoms with van der Waals surface area (Å²) in [5.41, 5.74) is 1.41. The molecule has 0 radical (unpaired) electrons. The van der Waals surface area contributed by atoms with Crippen molar-refractivity contribution < 1.29 is 0 Å². The molecular formula is C11H19N3. The Bertz CT molecular complexity index is 292. The number of hydrogen-bond donors (Lipinski definition) is 1. The maximum absolute atomic E-state index is 4.37. The van der Waals surface area contributed by atoms with Crippen LogP contribution >= 0.6 is 0 Å². The summed E-state index contributed by atoms with van der Waals surface area (Å²) < 4.78 is 2.16. The van der Waals surface area contributed by atoms with Gasteiger partial charge in [0.25, 0.3) is 0 Å². The molecule has 0 bridgehead atoms. The van der Waals surface area contributed by atoms with Crippen molar-refractivity contribution >= 4 is 0 Å². The van der Waals surface area contributed by atoms with Gasteiger partial charge in [0, 0.05) is 30.4 Å². The quantitative estimate of drug-likeness (QED) is 0.792. The first-order valence-electron chi connectivity index (χ1n) is 5.58. The maximum atomic E-state index is 4.37. The van der Waals surface area contributed by atoms with Gasteiger partial charge in [-0.15, -0.1) is 0 Å². The van der Waals surface area contributed by atoms with Crippen LogP contribution in [-0.4, -0.2) is 22.4 Å². The molecule has 3 heteroatoms. The largest absolute Gasteiger partial charge is 0.314 e. The van der Waals surface area contributed by atoms with Gasteiger partial charge in [-0.05, 0) is 32.4 Å². The smallest absolute Gasteiger partial charge is 0.0492 e. The highest BCUT2D eigenvalue weighted by Gasteiger charge is 2.26. The highest BCUT2D eigenvalue weighted by atomic mass is 15.3. The van der Waals surface area contributed by atoms with E-state index in [9.17, 15) is 0 Å². The molecule has 1 saturated heterocycles. The van der Waals surface area contributed by atoms with Gasteiger partial charge in [-0.25, -0.2) is 0 Å². The zero-order valence-corrected chi connectivity index (χ0v) is 9.03. The summed E-state index contributed by atoms with van der Waals surface area (Å²) >= 11 is 0. The van der Waals surface area contributed by atoms with Crippen LogP contribution < -0.4 is 5.32 Å². The Labute approximate surface area is 85.5 Å². The number of nitrogens with zero attached hydrogens (tertiary/aromatic N) is 2. The minimum absolute atomic E-state index is 0.599. The number of hydrogen-bond acceptors (Lipinski definition) is 2. The summed E-state index contributed by atoms with van der Waals surface area (Å²) in [6, 6.07) is 2.77. The van der Waals surface area contributed by atoms with E-state index in [1.807, 2.05) is 6.20 Å². The van der Waals surface area contributed by atoms with E-state index in [0.29, 0.717) is 12.0 Å². The van der Waals surface area contributed by atoms with Gasteiger partial charge in [0.15, 0.2) is 0 Å². The Hall–Kier alpha value is -0.830. The molecule has 2 heterocycles. The number of nitrogens with one attached hydrogen (secondary N) is 1. The average Bonchev–Trinajstić information content (AvgIpc) is 2.74. The molecule has 2 atom stereocenters. The van der Waals surface area contributed by atoms with Crippen LogP contribution in [0.15, 0.2) is 12.3 Å². The molecule has 78 valence electrons. The monoisotopic (exact) mass is 193 g/mol. The van der Waals surface area contributed by atoms with E-state index in [2.05, 4.69) is 35.0 Å². The second-order valence-corrected chi connectivity index (χ2v) is 4.12. The van der Waals surface area contributed by atoms with Gasteiger partial charge in [0.2, 0.25) is 0 Å². The molecule has 3 nitrogen and oxygen atoms in total. The molecule has 0 amide bonds. The molecule has 2 unspecified atom stereocenters. The Morgan fingerprint density at radius 3 is 3.14 bits per heavy atom. The molecular weight excluding hydrogens is 174 g/mol. The fraction of sp³-hybridized carbons (Fsp3) is 0.727. The summed E-state index contributed by atoms with van der Waals surface area (Å²) in [6.45, 7) is 6.65. The van der Waals surface area contributed by atoms with Crippen LogP contribution in [0.25, 0.3) is 0 Å². The van der Waals surface area contributed by atoms with E-state index in [1.54, 1.807) is 0 Å². The van der Waals surface area contributed by atoms with Crippen molar-refractivity contribution in [2.45, 2.75) is 45.2 Å². The molecule has 0 spiro atoms. The van der Waals surface area contributed by atoms with Crippen LogP contribution in [0.3, 0.4) is 0 Å². The minimum atomic E-state index is 0.599. The maximum Gasteiger partial charge on any atom is 0.0492 e. The predicted molar refractivity (Wildman–Crippen MR) is 57.3 cm³/mol. The average molecular weight is 193 g/mol. The Balaban J connectivity index is 2.17. The molecule has 1 aromatic rings. The van der Waals surface area contributed by atoms with E-state index in [1.165, 1.54) is 12.1 Å². The van der Waals surface area contributed by atoms with Crippen LogP contribution in [0.1, 0.15) is 38.3 Å². The normalized spacial score (nSPS) is 27.0. The summed E-state index contributed by atoms with van der Waals surface area (Å²) in [5, 5.41) is 7.86. The molecule has 1 aliphatic heterocycles. The van der Waals surface area contributed by atoms with Crippen LogP contribution in [0.2, 0.25) is 0 Å². The third-order valence-electron chi connectivity index (χ3n) is 3.09. The number of rotatable bonds is 3. The van der Waals surface area contributed by atoms with Crippen LogP contribution in [0.4, 0.5) is 0 Å². The fourth-order valence-electron chi connectivity index (χ4n) is 2.32. The van der Waals surface area contributed by atoms with Gasteiger partial charge in [-0.2, -0.15) is 5.10 Å². The second kappa shape index (κ2) is 4.13. The van der Waals surface area contributed by atoms with Crippen LogP contribution in [0.5, 0.6) is 0 Å². The Morgan fingerprint density at radius 2 is 2.50 bits per heavy atom. The van der Waals surface area contributed by atoms with Crippen molar-refractivity contribution in [1.82, 2.24) is 15.1 Å². The zero-order valence-electron chi connectivity index (χ0n) is 9.03. The highest BCUT2D eigenvalue weighted by Crippen LogP contribution is 2.27. The third-order valence-corrected chi connectivity index (χ3v) is 3.09. The van der Waals surface area contributed by atoms with Gasteiger partial charge in [-0.3, -0.25) is 4.68 Å². The van der Waals surface area contributed by atoms with E-state index in [-0.39, 0.29) is 0 Å². The van der Waals surface area contributed by atoms with Gasteiger partial charge in [0.05, 0.1) is 0 Å². The topological polar surface area (TPSA) is 29.9 Å². The number of aromatic nitrogens is 2. The van der Waals surface area contributed by atoms with E-state index >= 15 is 0 Å². The molecule has 1 aliphatic rings. The summed E-state index contributed by atoms with van der Waals surface area (Å²) in [7, 11) is 0. The van der Waals surface area contributed by atoms with Crippen molar-refractivity contribution in [2.75, 3.05) is 6.54 Å². The molecule has 0 saturated carbocycles. The molecule has 1 N–H and O–H groups in total. The van der Waals surface area contributed by atoms with Crippen molar-refractivity contribution in [3.05, 3.63) is 18.0 Å². The lowest BCUT2D eigenvalue weighted by atomic mass is 9.98. The lowest BCUT2D eigenvalue weighted by molar-refractivity contribution is 0.508. The van der Waals surface area contributed by atoms with E-state index in [0.717, 1.165) is 19.5 Å². The van der Waals surface area contributed by atoms with E-state index < -0.39 is 0 Å². The summed E-state index contributed by atoms with van der Waals surface area (Å²) in [6.07, 6.45) is 4.33. The molecule has 1 fully saturated rings. The zero-order chi connectivity index (χ0) is 9.97. The lowest BCUT2D eigenvalue weighted by Gasteiger charge is -2.16. The van der Waals surface area contributed by atoms with Gasteiger partial charge >= 0.3 is 0 Å². The van der Waals surface area contributed by atoms with E-state index in [4.69, 9.17) is 0 Å². The van der Waals surface area contributed by atoms with Crippen LogP contribution in [0, 0.1) is 0 Å². The van der Waals surface area contributed by atoms with Gasteiger partial charge < -0.3 is 5.32 Å². The SMILES string of the molecule is CCCn1nccc1C1CCNC1C. The molecule has 1 aromatic heterocycles. The van der Waals surface area contributed by atoms with Gasteiger partial charge in [-0.1, -0.05) is 6.92 Å². The molecule has 14 heavy (non-hydrogen) atoms. The minimum Gasteiger partial charge on any atom is -0.314 e. The first kappa shape index (κ1) is 9.71. The van der Waals surface area contributed by atoms with Crippen molar-refractivity contribution in [1.29, 1.82) is 0 Å². The van der Waals surface area contributed by atoms with Crippen molar-refractivity contribution in [3.8, 4) is 0 Å². The third kappa shape index (κ3) is 1.69. The number of aryl methyl sites for hydroxylation is 1. The summed E-state index contributed by atoms with van der Waals surface area (Å²) in [4.78, 5) is 0. The molecule has 0 aromatic carbocycles. The predicted octanol–water partition coefficient (Wildman–Crippen LogP) is 1.76. The molecule has 2 rings (SSSR count). The van der Waals surface area contributed by atoms with Crippen molar-refractivity contribution in [2.24, 2.45) is 0 Å². The Morgan fingerprint density at radius 1 is 1.64 bits per heavy atom. The highest BCUT2D eigenvalue weighted by molar-refractivity contribution is 5.13. The standard InChI is InChI=1S/C11H19N3/c1-3-8-14-11(5-7-13-14)10-4-6-12-9(10)2/h5,7,9-10,12H,3-4,6,8H2,1-2H3. The summed E-state index contributed by atoms with van der Waals surface area (Å²) in [5.74, 6) is 0.657. The first-order valence-corrected chi connectivity index (χ1v) is 5.58. The Kier molecular flexibility index (Phi) is 2.87. The van der Waals surface area contributed by atoms with Crippen molar-refractivity contribution in [3.63, 3.8) is 0 Å². The van der Waals surface area contributed by atoms with Gasteiger partial charge in [0.1, 0.15) is 0 Å². The fourth-order valence-corrected chi connectivity index (χ4v) is 2.32. The molecule has 0 aliphatic carbocycles.